The number of ketones is 1. The molecule has 1 aromatic rings. The van der Waals surface area contributed by atoms with Gasteiger partial charge in [0.1, 0.15) is 11.6 Å². The maximum absolute atomic E-state index is 13.2. The molecular weight excluding hydrogens is 297 g/mol. The van der Waals surface area contributed by atoms with Crippen LogP contribution in [0.3, 0.4) is 0 Å². The summed E-state index contributed by atoms with van der Waals surface area (Å²) in [4.78, 5) is 12.0. The van der Waals surface area contributed by atoms with E-state index < -0.39 is 0 Å². The molecule has 98 valence electrons. The highest BCUT2D eigenvalue weighted by atomic mass is 79.9. The fourth-order valence-electron chi connectivity index (χ4n) is 2.65. The Balaban J connectivity index is 1.98. The van der Waals surface area contributed by atoms with E-state index in [-0.39, 0.29) is 23.6 Å². The van der Waals surface area contributed by atoms with Crippen LogP contribution in [0.2, 0.25) is 0 Å². The van der Waals surface area contributed by atoms with Crippen LogP contribution in [-0.4, -0.2) is 11.3 Å². The second-order valence-electron chi connectivity index (χ2n) is 5.24. The molecule has 4 heteroatoms. The van der Waals surface area contributed by atoms with Gasteiger partial charge in [-0.25, -0.2) is 4.39 Å². The van der Waals surface area contributed by atoms with Crippen molar-refractivity contribution in [3.63, 3.8) is 0 Å². The Labute approximate surface area is 115 Å². The number of hydrogen-bond acceptors (Lipinski definition) is 2. The van der Waals surface area contributed by atoms with Gasteiger partial charge in [-0.2, -0.15) is 0 Å². The van der Waals surface area contributed by atoms with E-state index in [2.05, 4.69) is 15.9 Å². The third-order valence-corrected chi connectivity index (χ3v) is 3.93. The Morgan fingerprint density at radius 3 is 2.61 bits per heavy atom. The van der Waals surface area contributed by atoms with Crippen molar-refractivity contribution >= 4 is 21.7 Å². The molecular formula is C14H17BrFNO. The van der Waals surface area contributed by atoms with Crippen molar-refractivity contribution in [3.05, 3.63) is 34.1 Å². The molecule has 2 nitrogen and oxygen atoms in total. The zero-order valence-corrected chi connectivity index (χ0v) is 11.8. The van der Waals surface area contributed by atoms with Crippen LogP contribution in [0, 0.1) is 5.82 Å². The molecule has 1 aromatic carbocycles. The van der Waals surface area contributed by atoms with E-state index >= 15 is 0 Å². The van der Waals surface area contributed by atoms with Crippen LogP contribution < -0.4 is 5.73 Å². The van der Waals surface area contributed by atoms with Gasteiger partial charge in [0.25, 0.3) is 0 Å². The van der Waals surface area contributed by atoms with Crippen molar-refractivity contribution in [2.75, 3.05) is 0 Å². The SMILES string of the molecule is NC1(CC(=O)Cc2cc(F)cc(Br)c2)CCCC1. The van der Waals surface area contributed by atoms with Crippen LogP contribution in [0.15, 0.2) is 22.7 Å². The topological polar surface area (TPSA) is 43.1 Å². The Bertz CT molecular complexity index is 435. The second-order valence-corrected chi connectivity index (χ2v) is 6.16. The summed E-state index contributed by atoms with van der Waals surface area (Å²) >= 11 is 3.23. The highest BCUT2D eigenvalue weighted by Gasteiger charge is 2.31. The van der Waals surface area contributed by atoms with Crippen LogP contribution in [-0.2, 0) is 11.2 Å². The minimum absolute atomic E-state index is 0.0944. The van der Waals surface area contributed by atoms with Gasteiger partial charge >= 0.3 is 0 Å². The van der Waals surface area contributed by atoms with Gasteiger partial charge < -0.3 is 5.73 Å². The van der Waals surface area contributed by atoms with Gasteiger partial charge in [-0.15, -0.1) is 0 Å². The number of carbonyl (C=O) groups is 1. The molecule has 0 aromatic heterocycles. The summed E-state index contributed by atoms with van der Waals surface area (Å²) in [5.74, 6) is -0.229. The molecule has 2 N–H and O–H groups in total. The van der Waals surface area contributed by atoms with Gasteiger partial charge in [0.15, 0.2) is 0 Å². The maximum atomic E-state index is 13.2. The Morgan fingerprint density at radius 1 is 1.33 bits per heavy atom. The predicted molar refractivity (Wildman–Crippen MR) is 72.8 cm³/mol. The van der Waals surface area contributed by atoms with Crippen molar-refractivity contribution in [1.29, 1.82) is 0 Å². The Hall–Kier alpha value is -0.740. The molecule has 0 amide bonds. The van der Waals surface area contributed by atoms with Crippen molar-refractivity contribution in [1.82, 2.24) is 0 Å². The first-order valence-electron chi connectivity index (χ1n) is 6.22. The van der Waals surface area contributed by atoms with Gasteiger partial charge in [0.2, 0.25) is 0 Å². The summed E-state index contributed by atoms with van der Waals surface area (Å²) in [6.07, 6.45) is 4.72. The van der Waals surface area contributed by atoms with Crippen LogP contribution >= 0.6 is 15.9 Å². The number of carbonyl (C=O) groups excluding carboxylic acids is 1. The Morgan fingerprint density at radius 2 is 2.00 bits per heavy atom. The zero-order valence-electron chi connectivity index (χ0n) is 10.2. The molecule has 0 bridgehead atoms. The Kier molecular flexibility index (Phi) is 4.17. The molecule has 0 saturated heterocycles. The first-order chi connectivity index (χ1) is 8.47. The summed E-state index contributed by atoms with van der Waals surface area (Å²) in [5, 5.41) is 0. The average Bonchev–Trinajstić information content (AvgIpc) is 2.62. The molecule has 0 heterocycles. The molecule has 0 unspecified atom stereocenters. The highest BCUT2D eigenvalue weighted by Crippen LogP contribution is 2.30. The third-order valence-electron chi connectivity index (χ3n) is 3.47. The van der Waals surface area contributed by atoms with E-state index in [1.807, 2.05) is 0 Å². The molecule has 0 aliphatic heterocycles. The first-order valence-corrected chi connectivity index (χ1v) is 7.02. The van der Waals surface area contributed by atoms with Crippen LogP contribution in [0.25, 0.3) is 0 Å². The standard InChI is InChI=1S/C14H17BrFNO/c15-11-5-10(6-12(16)8-11)7-13(18)9-14(17)3-1-2-4-14/h5-6,8H,1-4,7,9,17H2. The van der Waals surface area contributed by atoms with E-state index in [4.69, 9.17) is 5.73 Å². The van der Waals surface area contributed by atoms with E-state index in [1.165, 1.54) is 12.1 Å². The van der Waals surface area contributed by atoms with E-state index in [0.29, 0.717) is 16.5 Å². The van der Waals surface area contributed by atoms with Gasteiger partial charge in [-0.1, -0.05) is 28.8 Å². The van der Waals surface area contributed by atoms with Crippen LogP contribution in [0.5, 0.6) is 0 Å². The summed E-state index contributed by atoms with van der Waals surface area (Å²) in [6, 6.07) is 4.56. The second kappa shape index (κ2) is 5.49. The van der Waals surface area contributed by atoms with Crippen molar-refractivity contribution in [2.24, 2.45) is 5.73 Å². The van der Waals surface area contributed by atoms with Crippen molar-refractivity contribution < 1.29 is 9.18 Å². The number of benzene rings is 1. The fraction of sp³-hybridized carbons (Fsp3) is 0.500. The number of hydrogen-bond donors (Lipinski definition) is 1. The van der Waals surface area contributed by atoms with Gasteiger partial charge in [-0.05, 0) is 36.6 Å². The quantitative estimate of drug-likeness (QED) is 0.926. The van der Waals surface area contributed by atoms with E-state index in [0.717, 1.165) is 25.7 Å². The number of halogens is 2. The number of Topliss-reactive ketones (excluding diaryl/α,β-unsaturated/α-hetero) is 1. The molecule has 0 atom stereocenters. The summed E-state index contributed by atoms with van der Waals surface area (Å²) < 4.78 is 13.9. The van der Waals surface area contributed by atoms with Crippen molar-refractivity contribution in [2.45, 2.75) is 44.1 Å². The molecule has 1 fully saturated rings. The lowest BCUT2D eigenvalue weighted by Crippen LogP contribution is -2.39. The summed E-state index contributed by atoms with van der Waals surface area (Å²) in [5.41, 5.74) is 6.55. The van der Waals surface area contributed by atoms with Crippen LogP contribution in [0.1, 0.15) is 37.7 Å². The minimum atomic E-state index is -0.324. The van der Waals surface area contributed by atoms with Crippen molar-refractivity contribution in [3.8, 4) is 0 Å². The molecule has 1 saturated carbocycles. The molecule has 1 aliphatic rings. The monoisotopic (exact) mass is 313 g/mol. The lowest BCUT2D eigenvalue weighted by molar-refractivity contribution is -0.119. The summed E-state index contributed by atoms with van der Waals surface area (Å²) in [6.45, 7) is 0. The largest absolute Gasteiger partial charge is 0.325 e. The maximum Gasteiger partial charge on any atom is 0.139 e. The van der Waals surface area contributed by atoms with E-state index in [9.17, 15) is 9.18 Å². The van der Waals surface area contributed by atoms with Gasteiger partial charge in [0.05, 0.1) is 0 Å². The first kappa shape index (κ1) is 13.7. The highest BCUT2D eigenvalue weighted by molar-refractivity contribution is 9.10. The van der Waals surface area contributed by atoms with E-state index in [1.54, 1.807) is 6.07 Å². The summed E-state index contributed by atoms with van der Waals surface area (Å²) in [7, 11) is 0. The third kappa shape index (κ3) is 3.62. The lowest BCUT2D eigenvalue weighted by Gasteiger charge is -2.22. The molecule has 0 radical (unpaired) electrons. The normalized spacial score (nSPS) is 17.9. The minimum Gasteiger partial charge on any atom is -0.325 e. The smallest absolute Gasteiger partial charge is 0.139 e. The molecule has 18 heavy (non-hydrogen) atoms. The molecule has 2 rings (SSSR count). The van der Waals surface area contributed by atoms with Gasteiger partial charge in [0, 0.05) is 22.9 Å². The average molecular weight is 314 g/mol. The zero-order chi connectivity index (χ0) is 13.2. The lowest BCUT2D eigenvalue weighted by atomic mass is 9.90. The molecule has 0 spiro atoms. The number of nitrogens with two attached hydrogens (primary N) is 1. The molecule has 1 aliphatic carbocycles. The predicted octanol–water partition coefficient (Wildman–Crippen LogP) is 3.36. The number of rotatable bonds is 4. The fourth-order valence-corrected chi connectivity index (χ4v) is 3.16. The van der Waals surface area contributed by atoms with Gasteiger partial charge in [-0.3, -0.25) is 4.79 Å². The van der Waals surface area contributed by atoms with Crippen LogP contribution in [0.4, 0.5) is 4.39 Å².